The fraction of sp³-hybridized carbons (Fsp3) is 0.133. The smallest absolute Gasteiger partial charge is 0.239 e. The lowest BCUT2D eigenvalue weighted by Gasteiger charge is -2.08. The lowest BCUT2D eigenvalue weighted by Crippen LogP contribution is -2.29. The SMILES string of the molecule is O=C(CNc1ccc(Cl)c(Cl)c1)NCc1ccc(F)cc1. The number of hydrogen-bond acceptors (Lipinski definition) is 2. The first kappa shape index (κ1) is 15.6. The summed E-state index contributed by atoms with van der Waals surface area (Å²) in [5.74, 6) is -0.475. The van der Waals surface area contributed by atoms with E-state index in [0.29, 0.717) is 22.3 Å². The molecule has 0 atom stereocenters. The Hall–Kier alpha value is -1.78. The lowest BCUT2D eigenvalue weighted by molar-refractivity contribution is -0.119. The van der Waals surface area contributed by atoms with Gasteiger partial charge in [0.25, 0.3) is 0 Å². The Bertz CT molecular complexity index is 632. The summed E-state index contributed by atoms with van der Waals surface area (Å²) in [5.41, 5.74) is 1.54. The molecule has 0 fully saturated rings. The summed E-state index contributed by atoms with van der Waals surface area (Å²) in [4.78, 5) is 11.7. The summed E-state index contributed by atoms with van der Waals surface area (Å²) in [6.45, 7) is 0.460. The summed E-state index contributed by atoms with van der Waals surface area (Å²) in [6.07, 6.45) is 0. The molecular weight excluding hydrogens is 314 g/mol. The molecule has 0 aliphatic rings. The molecule has 110 valence electrons. The van der Waals surface area contributed by atoms with Crippen molar-refractivity contribution in [1.82, 2.24) is 5.32 Å². The third-order valence-electron chi connectivity index (χ3n) is 2.78. The molecule has 2 N–H and O–H groups in total. The maximum Gasteiger partial charge on any atom is 0.239 e. The second-order valence-corrected chi connectivity index (χ2v) is 5.20. The van der Waals surface area contributed by atoms with Crippen molar-refractivity contribution in [3.8, 4) is 0 Å². The van der Waals surface area contributed by atoms with Crippen molar-refractivity contribution in [2.75, 3.05) is 11.9 Å². The van der Waals surface area contributed by atoms with Gasteiger partial charge in [-0.25, -0.2) is 4.39 Å². The molecule has 0 bridgehead atoms. The van der Waals surface area contributed by atoms with Crippen LogP contribution in [0.1, 0.15) is 5.56 Å². The van der Waals surface area contributed by atoms with E-state index in [1.54, 1.807) is 30.3 Å². The Kier molecular flexibility index (Phi) is 5.42. The van der Waals surface area contributed by atoms with Crippen LogP contribution in [0.4, 0.5) is 10.1 Å². The molecule has 3 nitrogen and oxygen atoms in total. The number of halogens is 3. The number of nitrogens with one attached hydrogen (secondary N) is 2. The minimum absolute atomic E-state index is 0.110. The van der Waals surface area contributed by atoms with E-state index in [0.717, 1.165) is 5.56 Å². The van der Waals surface area contributed by atoms with Gasteiger partial charge in [0.05, 0.1) is 16.6 Å². The van der Waals surface area contributed by atoms with Gasteiger partial charge >= 0.3 is 0 Å². The van der Waals surface area contributed by atoms with Crippen molar-refractivity contribution in [1.29, 1.82) is 0 Å². The molecule has 0 aromatic heterocycles. The molecule has 21 heavy (non-hydrogen) atoms. The van der Waals surface area contributed by atoms with Crippen molar-refractivity contribution >= 4 is 34.8 Å². The van der Waals surface area contributed by atoms with Gasteiger partial charge in [-0.2, -0.15) is 0 Å². The molecular formula is C15H13Cl2FN2O. The summed E-state index contributed by atoms with van der Waals surface area (Å²) in [7, 11) is 0. The maximum absolute atomic E-state index is 12.7. The Balaban J connectivity index is 1.79. The number of rotatable bonds is 5. The van der Waals surface area contributed by atoms with Gasteiger partial charge in [0.2, 0.25) is 5.91 Å². The molecule has 2 rings (SSSR count). The fourth-order valence-corrected chi connectivity index (χ4v) is 1.95. The van der Waals surface area contributed by atoms with E-state index in [4.69, 9.17) is 23.2 Å². The average molecular weight is 327 g/mol. The van der Waals surface area contributed by atoms with Gasteiger partial charge in [0, 0.05) is 12.2 Å². The molecule has 0 aliphatic heterocycles. The Morgan fingerprint density at radius 1 is 1.05 bits per heavy atom. The van der Waals surface area contributed by atoms with Crippen molar-refractivity contribution < 1.29 is 9.18 Å². The van der Waals surface area contributed by atoms with Crippen LogP contribution in [0.25, 0.3) is 0 Å². The zero-order chi connectivity index (χ0) is 15.2. The summed E-state index contributed by atoms with van der Waals surface area (Å²) < 4.78 is 12.7. The third-order valence-corrected chi connectivity index (χ3v) is 3.51. The highest BCUT2D eigenvalue weighted by Crippen LogP contribution is 2.24. The zero-order valence-corrected chi connectivity index (χ0v) is 12.5. The molecule has 0 saturated heterocycles. The standard InChI is InChI=1S/C15H13Cl2FN2O/c16-13-6-5-12(7-14(13)17)19-9-15(21)20-8-10-1-3-11(18)4-2-10/h1-7,19H,8-9H2,(H,20,21). The molecule has 2 aromatic rings. The summed E-state index contributed by atoms with van der Waals surface area (Å²) in [6, 6.07) is 11.0. The molecule has 0 radical (unpaired) electrons. The van der Waals surface area contributed by atoms with Crippen LogP contribution in [-0.2, 0) is 11.3 Å². The topological polar surface area (TPSA) is 41.1 Å². The number of benzene rings is 2. The minimum atomic E-state index is -0.300. The molecule has 0 unspecified atom stereocenters. The lowest BCUT2D eigenvalue weighted by atomic mass is 10.2. The number of amides is 1. The van der Waals surface area contributed by atoms with E-state index >= 15 is 0 Å². The van der Waals surface area contributed by atoms with Gasteiger partial charge < -0.3 is 10.6 Å². The second kappa shape index (κ2) is 7.29. The van der Waals surface area contributed by atoms with E-state index < -0.39 is 0 Å². The van der Waals surface area contributed by atoms with E-state index in [9.17, 15) is 9.18 Å². The van der Waals surface area contributed by atoms with E-state index in [2.05, 4.69) is 10.6 Å². The van der Waals surface area contributed by atoms with E-state index in [1.165, 1.54) is 12.1 Å². The quantitative estimate of drug-likeness (QED) is 0.875. The molecule has 2 aromatic carbocycles. The number of hydrogen-bond donors (Lipinski definition) is 2. The first-order valence-electron chi connectivity index (χ1n) is 6.24. The van der Waals surface area contributed by atoms with Crippen molar-refractivity contribution in [2.24, 2.45) is 0 Å². The van der Waals surface area contributed by atoms with Crippen LogP contribution in [0.5, 0.6) is 0 Å². The summed E-state index contributed by atoms with van der Waals surface area (Å²) >= 11 is 11.7. The molecule has 0 heterocycles. The van der Waals surface area contributed by atoms with Crippen LogP contribution in [0.2, 0.25) is 10.0 Å². The van der Waals surface area contributed by atoms with Gasteiger partial charge in [-0.1, -0.05) is 35.3 Å². The van der Waals surface area contributed by atoms with Crippen LogP contribution >= 0.6 is 23.2 Å². The molecule has 0 saturated carbocycles. The Labute approximate surface area is 132 Å². The molecule has 1 amide bonds. The van der Waals surface area contributed by atoms with Gasteiger partial charge in [-0.3, -0.25) is 4.79 Å². The highest BCUT2D eigenvalue weighted by atomic mass is 35.5. The van der Waals surface area contributed by atoms with Crippen LogP contribution in [0.15, 0.2) is 42.5 Å². The van der Waals surface area contributed by atoms with Gasteiger partial charge in [0.1, 0.15) is 5.82 Å². The highest BCUT2D eigenvalue weighted by Gasteiger charge is 2.03. The summed E-state index contributed by atoms with van der Waals surface area (Å²) in [5, 5.41) is 6.56. The molecule has 0 spiro atoms. The average Bonchev–Trinajstić information content (AvgIpc) is 2.48. The highest BCUT2D eigenvalue weighted by molar-refractivity contribution is 6.42. The normalized spacial score (nSPS) is 10.2. The van der Waals surface area contributed by atoms with Crippen molar-refractivity contribution in [3.63, 3.8) is 0 Å². The van der Waals surface area contributed by atoms with Crippen molar-refractivity contribution in [2.45, 2.75) is 6.54 Å². The Morgan fingerprint density at radius 2 is 1.76 bits per heavy atom. The number of carbonyl (C=O) groups is 1. The predicted octanol–water partition coefficient (Wildman–Crippen LogP) is 3.86. The first-order chi connectivity index (χ1) is 10.0. The fourth-order valence-electron chi connectivity index (χ4n) is 1.65. The first-order valence-corrected chi connectivity index (χ1v) is 7.00. The van der Waals surface area contributed by atoms with Crippen molar-refractivity contribution in [3.05, 3.63) is 63.9 Å². The van der Waals surface area contributed by atoms with Crippen LogP contribution in [0.3, 0.4) is 0 Å². The van der Waals surface area contributed by atoms with E-state index in [-0.39, 0.29) is 18.3 Å². The number of carbonyl (C=O) groups excluding carboxylic acids is 1. The van der Waals surface area contributed by atoms with Gasteiger partial charge in [-0.05, 0) is 35.9 Å². The minimum Gasteiger partial charge on any atom is -0.376 e. The molecule has 0 aliphatic carbocycles. The largest absolute Gasteiger partial charge is 0.376 e. The predicted molar refractivity (Wildman–Crippen MR) is 83.2 cm³/mol. The monoisotopic (exact) mass is 326 g/mol. The van der Waals surface area contributed by atoms with Gasteiger partial charge in [0.15, 0.2) is 0 Å². The van der Waals surface area contributed by atoms with Crippen LogP contribution in [-0.4, -0.2) is 12.5 Å². The number of anilines is 1. The zero-order valence-electron chi connectivity index (χ0n) is 11.0. The third kappa shape index (κ3) is 4.92. The second-order valence-electron chi connectivity index (χ2n) is 4.39. The van der Waals surface area contributed by atoms with Crippen LogP contribution < -0.4 is 10.6 Å². The maximum atomic E-state index is 12.7. The van der Waals surface area contributed by atoms with E-state index in [1.807, 2.05) is 0 Å². The van der Waals surface area contributed by atoms with Crippen LogP contribution in [0, 0.1) is 5.82 Å². The molecule has 6 heteroatoms. The van der Waals surface area contributed by atoms with Gasteiger partial charge in [-0.15, -0.1) is 0 Å². The Morgan fingerprint density at radius 3 is 2.43 bits per heavy atom.